The van der Waals surface area contributed by atoms with Gasteiger partial charge in [-0.25, -0.2) is 4.79 Å². The molecule has 0 aromatic carbocycles. The molecular weight excluding hydrogens is 393 g/mol. The van der Waals surface area contributed by atoms with Crippen molar-refractivity contribution >= 4 is 75.6 Å². The first kappa shape index (κ1) is 20.9. The van der Waals surface area contributed by atoms with E-state index in [0.29, 0.717) is 0 Å². The second kappa shape index (κ2) is 7.97. The monoisotopic (exact) mass is 408 g/mol. The van der Waals surface area contributed by atoms with Crippen molar-refractivity contribution in [1.82, 2.24) is 10.6 Å². The van der Waals surface area contributed by atoms with Gasteiger partial charge in [-0.2, -0.15) is 0 Å². The molecule has 0 aliphatic carbocycles. The van der Waals surface area contributed by atoms with Crippen molar-refractivity contribution in [2.45, 2.75) is 19.9 Å². The summed E-state index contributed by atoms with van der Waals surface area (Å²) < 4.78 is -3.34. The Hall–Kier alpha value is 0.930. The smallest absolute Gasteiger partial charge is 0.317 e. The minimum absolute atomic E-state index is 0.597. The average Bonchev–Trinajstić information content (AvgIpc) is 2.18. The lowest BCUT2D eigenvalue weighted by Crippen LogP contribution is -3.15. The zero-order chi connectivity index (χ0) is 16.3. The van der Waals surface area contributed by atoms with E-state index in [-0.39, 0.29) is 0 Å². The van der Waals surface area contributed by atoms with Crippen LogP contribution in [0.5, 0.6) is 0 Å². The maximum absolute atomic E-state index is 12.0. The second-order valence-corrected chi connectivity index (χ2v) is 9.46. The van der Waals surface area contributed by atoms with E-state index >= 15 is 0 Å². The Morgan fingerprint density at radius 2 is 1.05 bits per heavy atom. The first-order chi connectivity index (χ1) is 8.76. The topological polar surface area (TPSA) is 50.0 Å². The lowest BCUT2D eigenvalue weighted by Gasteiger charge is -2.31. The number of quaternary nitrogens is 2. The second-order valence-electron chi connectivity index (χ2n) is 4.72. The summed E-state index contributed by atoms with van der Waals surface area (Å²) in [5.41, 5.74) is 0. The summed E-state index contributed by atoms with van der Waals surface area (Å²) in [6.45, 7) is 0. The van der Waals surface area contributed by atoms with Crippen LogP contribution in [0.25, 0.3) is 0 Å². The molecule has 0 rings (SSSR count). The number of alkyl halides is 6. The summed E-state index contributed by atoms with van der Waals surface area (Å²) in [5, 5.41) is 5.08. The predicted molar refractivity (Wildman–Crippen MR) is 85.4 cm³/mol. The highest BCUT2D eigenvalue weighted by Gasteiger charge is 2.42. The molecule has 0 saturated heterocycles. The Bertz CT molecular complexity index is 297. The van der Waals surface area contributed by atoms with Crippen LogP contribution in [0.1, 0.15) is 0 Å². The molecule has 0 spiro atoms. The number of hydrogen-bond donors (Lipinski definition) is 4. The molecule has 0 aromatic heterocycles. The van der Waals surface area contributed by atoms with E-state index in [4.69, 9.17) is 69.6 Å². The third-order valence-electron chi connectivity index (χ3n) is 2.36. The van der Waals surface area contributed by atoms with Crippen molar-refractivity contribution in [2.75, 3.05) is 28.2 Å². The number of halogens is 6. The van der Waals surface area contributed by atoms with Crippen LogP contribution in [0.3, 0.4) is 0 Å². The average molecular weight is 411 g/mol. The highest BCUT2D eigenvalue weighted by atomic mass is 35.6. The Labute approximate surface area is 148 Å². The van der Waals surface area contributed by atoms with Crippen LogP contribution in [0.15, 0.2) is 0 Å². The van der Waals surface area contributed by atoms with E-state index in [1.165, 1.54) is 0 Å². The quantitative estimate of drug-likeness (QED) is 0.382. The Kier molecular flexibility index (Phi) is 8.34. The van der Waals surface area contributed by atoms with Gasteiger partial charge >= 0.3 is 6.03 Å². The molecule has 5 nitrogen and oxygen atoms in total. The third-order valence-corrected chi connectivity index (χ3v) is 3.67. The van der Waals surface area contributed by atoms with Crippen molar-refractivity contribution in [3.8, 4) is 0 Å². The fourth-order valence-corrected chi connectivity index (χ4v) is 3.05. The van der Waals surface area contributed by atoms with E-state index < -0.39 is 25.9 Å². The summed E-state index contributed by atoms with van der Waals surface area (Å²) in [4.78, 5) is 13.4. The highest BCUT2D eigenvalue weighted by molar-refractivity contribution is 6.68. The van der Waals surface area contributed by atoms with E-state index in [2.05, 4.69) is 10.6 Å². The first-order valence-electron chi connectivity index (χ1n) is 5.57. The zero-order valence-electron chi connectivity index (χ0n) is 11.3. The fraction of sp³-hybridized carbons (Fsp3) is 0.889. The summed E-state index contributed by atoms with van der Waals surface area (Å²) in [6, 6.07) is -0.597. The molecule has 4 N–H and O–H groups in total. The molecule has 0 aliphatic heterocycles. The van der Waals surface area contributed by atoms with Gasteiger partial charge in [-0.15, -0.1) is 0 Å². The molecule has 2 atom stereocenters. The van der Waals surface area contributed by atoms with Crippen molar-refractivity contribution in [1.29, 1.82) is 0 Å². The van der Waals surface area contributed by atoms with Crippen LogP contribution in [0.4, 0.5) is 4.79 Å². The van der Waals surface area contributed by atoms with Gasteiger partial charge < -0.3 is 9.80 Å². The Morgan fingerprint density at radius 1 is 0.800 bits per heavy atom. The SMILES string of the molecule is C[NH+](C)[C@@H](NC(=O)N[C@H]([NH+](C)C)C(Cl)(Cl)Cl)C(Cl)(Cl)Cl. The van der Waals surface area contributed by atoms with Crippen LogP contribution in [-0.2, 0) is 0 Å². The van der Waals surface area contributed by atoms with Crippen molar-refractivity contribution in [3.63, 3.8) is 0 Å². The molecule has 0 bridgehead atoms. The van der Waals surface area contributed by atoms with Gasteiger partial charge in [0.15, 0.2) is 0 Å². The molecule has 11 heteroatoms. The number of rotatable bonds is 4. The maximum atomic E-state index is 12.0. The molecule has 0 saturated carbocycles. The minimum Gasteiger partial charge on any atom is -0.317 e. The third kappa shape index (κ3) is 7.27. The minimum atomic E-state index is -1.67. The molecule has 2 amide bonds. The standard InChI is InChI=1S/C9H16Cl6N4O/c1-18(2)5(8(10,11)12)16-7(20)17-6(19(3)4)9(13,14)15/h5-6H,1-4H3,(H2,16,17,20)/p+2/t5-,6-/m1/s1. The highest BCUT2D eigenvalue weighted by Crippen LogP contribution is 2.28. The van der Waals surface area contributed by atoms with E-state index in [1.807, 2.05) is 0 Å². The zero-order valence-corrected chi connectivity index (χ0v) is 15.9. The van der Waals surface area contributed by atoms with Crippen molar-refractivity contribution in [3.05, 3.63) is 0 Å². The van der Waals surface area contributed by atoms with Gasteiger partial charge in [-0.05, 0) is 0 Å². The lowest BCUT2D eigenvalue weighted by molar-refractivity contribution is -0.889. The van der Waals surface area contributed by atoms with Gasteiger partial charge in [0, 0.05) is 0 Å². The van der Waals surface area contributed by atoms with Crippen LogP contribution in [0.2, 0.25) is 0 Å². The van der Waals surface area contributed by atoms with Gasteiger partial charge in [0.05, 0.1) is 28.2 Å². The van der Waals surface area contributed by atoms with Gasteiger partial charge in [-0.1, -0.05) is 69.6 Å². The number of nitrogens with one attached hydrogen (secondary N) is 4. The van der Waals surface area contributed by atoms with E-state index in [1.54, 1.807) is 28.2 Å². The van der Waals surface area contributed by atoms with Crippen LogP contribution < -0.4 is 20.4 Å². The lowest BCUT2D eigenvalue weighted by atomic mass is 10.4. The first-order valence-corrected chi connectivity index (χ1v) is 7.84. The summed E-state index contributed by atoms with van der Waals surface area (Å²) >= 11 is 34.9. The molecule has 0 fully saturated rings. The molecule has 0 aliphatic rings. The number of carbonyl (C=O) groups is 1. The fourth-order valence-electron chi connectivity index (χ4n) is 1.41. The van der Waals surface area contributed by atoms with Gasteiger partial charge in [0.1, 0.15) is 0 Å². The predicted octanol–water partition coefficient (Wildman–Crippen LogP) is -0.0328. The molecule has 0 heterocycles. The van der Waals surface area contributed by atoms with E-state index in [9.17, 15) is 4.79 Å². The number of hydrogen-bond acceptors (Lipinski definition) is 1. The number of urea groups is 1. The molecule has 0 radical (unpaired) electrons. The number of carbonyl (C=O) groups excluding carboxylic acids is 1. The van der Waals surface area contributed by atoms with Gasteiger partial charge in [-0.3, -0.25) is 10.6 Å². The van der Waals surface area contributed by atoms with Crippen LogP contribution in [-0.4, -0.2) is 54.1 Å². The van der Waals surface area contributed by atoms with E-state index in [0.717, 1.165) is 9.80 Å². The summed E-state index contributed by atoms with van der Waals surface area (Å²) in [5.74, 6) is 0. The number of amides is 2. The molecule has 0 aromatic rings. The summed E-state index contributed by atoms with van der Waals surface area (Å²) in [6.07, 6.45) is -1.53. The largest absolute Gasteiger partial charge is 0.324 e. The maximum Gasteiger partial charge on any atom is 0.324 e. The van der Waals surface area contributed by atoms with Crippen LogP contribution >= 0.6 is 69.6 Å². The normalized spacial score (nSPS) is 16.2. The van der Waals surface area contributed by atoms with Crippen LogP contribution in [0, 0.1) is 0 Å². The van der Waals surface area contributed by atoms with Gasteiger partial charge in [0.25, 0.3) is 7.59 Å². The molecule has 0 unspecified atom stereocenters. The Balaban J connectivity index is 4.84. The molecule has 120 valence electrons. The molecular formula is C9H18Cl6N4O+2. The van der Waals surface area contributed by atoms with Crippen molar-refractivity contribution in [2.24, 2.45) is 0 Å². The van der Waals surface area contributed by atoms with Gasteiger partial charge in [0.2, 0.25) is 12.3 Å². The summed E-state index contributed by atoms with van der Waals surface area (Å²) in [7, 11) is 6.93. The Morgan fingerprint density at radius 3 is 1.20 bits per heavy atom. The van der Waals surface area contributed by atoms with Crippen molar-refractivity contribution < 1.29 is 14.6 Å². The molecule has 20 heavy (non-hydrogen) atoms.